The molecule has 1 N–H and O–H groups in total. The van der Waals surface area contributed by atoms with Crippen LogP contribution in [0, 0.1) is 5.92 Å². The second-order valence-corrected chi connectivity index (χ2v) is 4.28. The van der Waals surface area contributed by atoms with Crippen molar-refractivity contribution in [3.63, 3.8) is 0 Å². The SMILES string of the molecule is CNC(C1CCCOC1)C1COCCO1. The molecule has 0 aliphatic carbocycles. The van der Waals surface area contributed by atoms with Crippen molar-refractivity contribution in [1.29, 1.82) is 0 Å². The van der Waals surface area contributed by atoms with Gasteiger partial charge in [-0.3, -0.25) is 0 Å². The Bertz CT molecular complexity index is 159. The predicted molar refractivity (Wildman–Crippen MR) is 56.9 cm³/mol. The Morgan fingerprint density at radius 3 is 2.60 bits per heavy atom. The third-order valence-corrected chi connectivity index (χ3v) is 3.28. The Balaban J connectivity index is 1.88. The topological polar surface area (TPSA) is 39.7 Å². The summed E-state index contributed by atoms with van der Waals surface area (Å²) in [6.07, 6.45) is 2.58. The lowest BCUT2D eigenvalue weighted by Crippen LogP contribution is -2.51. The van der Waals surface area contributed by atoms with Crippen molar-refractivity contribution in [2.24, 2.45) is 5.92 Å². The molecule has 0 amide bonds. The lowest BCUT2D eigenvalue weighted by Gasteiger charge is -2.37. The van der Waals surface area contributed by atoms with Gasteiger partial charge in [-0.2, -0.15) is 0 Å². The van der Waals surface area contributed by atoms with E-state index in [0.29, 0.717) is 18.6 Å². The molecule has 88 valence electrons. The number of hydrogen-bond donors (Lipinski definition) is 1. The summed E-state index contributed by atoms with van der Waals surface area (Å²) in [5.41, 5.74) is 0. The first-order chi connectivity index (χ1) is 7.42. The normalized spacial score (nSPS) is 35.0. The van der Waals surface area contributed by atoms with E-state index in [-0.39, 0.29) is 6.10 Å². The first-order valence-corrected chi connectivity index (χ1v) is 5.86. The van der Waals surface area contributed by atoms with E-state index in [2.05, 4.69) is 5.32 Å². The van der Waals surface area contributed by atoms with Crippen LogP contribution in [0.15, 0.2) is 0 Å². The highest BCUT2D eigenvalue weighted by atomic mass is 16.6. The Labute approximate surface area is 91.3 Å². The number of nitrogens with one attached hydrogen (secondary N) is 1. The maximum atomic E-state index is 5.74. The van der Waals surface area contributed by atoms with Crippen molar-refractivity contribution in [2.45, 2.75) is 25.0 Å². The van der Waals surface area contributed by atoms with Crippen LogP contribution in [-0.2, 0) is 14.2 Å². The van der Waals surface area contributed by atoms with Crippen LogP contribution in [0.2, 0.25) is 0 Å². The van der Waals surface area contributed by atoms with Crippen molar-refractivity contribution in [3.8, 4) is 0 Å². The summed E-state index contributed by atoms with van der Waals surface area (Å²) in [4.78, 5) is 0. The lowest BCUT2D eigenvalue weighted by molar-refractivity contribution is -0.115. The highest BCUT2D eigenvalue weighted by molar-refractivity contribution is 4.85. The van der Waals surface area contributed by atoms with Crippen LogP contribution in [0.4, 0.5) is 0 Å². The summed E-state index contributed by atoms with van der Waals surface area (Å²) in [6.45, 7) is 3.92. The van der Waals surface area contributed by atoms with Gasteiger partial charge in [0.2, 0.25) is 0 Å². The van der Waals surface area contributed by atoms with Crippen molar-refractivity contribution in [2.75, 3.05) is 40.1 Å². The Kier molecular flexibility index (Phi) is 4.38. The van der Waals surface area contributed by atoms with Crippen LogP contribution in [0.5, 0.6) is 0 Å². The van der Waals surface area contributed by atoms with E-state index in [0.717, 1.165) is 32.8 Å². The maximum Gasteiger partial charge on any atom is 0.0965 e. The number of likely N-dealkylation sites (N-methyl/N-ethyl adjacent to an activating group) is 1. The molecule has 2 heterocycles. The summed E-state index contributed by atoms with van der Waals surface area (Å²) >= 11 is 0. The Hall–Kier alpha value is -0.160. The van der Waals surface area contributed by atoms with E-state index in [9.17, 15) is 0 Å². The monoisotopic (exact) mass is 215 g/mol. The predicted octanol–water partition coefficient (Wildman–Crippen LogP) is 0.416. The van der Waals surface area contributed by atoms with Crippen LogP contribution in [0.3, 0.4) is 0 Å². The fourth-order valence-corrected chi connectivity index (χ4v) is 2.49. The molecule has 3 atom stereocenters. The number of hydrogen-bond acceptors (Lipinski definition) is 4. The van der Waals surface area contributed by atoms with Crippen LogP contribution in [-0.4, -0.2) is 52.2 Å². The van der Waals surface area contributed by atoms with Crippen molar-refractivity contribution in [3.05, 3.63) is 0 Å². The van der Waals surface area contributed by atoms with E-state index >= 15 is 0 Å². The van der Waals surface area contributed by atoms with Crippen molar-refractivity contribution < 1.29 is 14.2 Å². The summed E-state index contributed by atoms with van der Waals surface area (Å²) in [6, 6.07) is 0.366. The molecule has 2 fully saturated rings. The van der Waals surface area contributed by atoms with Crippen LogP contribution < -0.4 is 5.32 Å². The Morgan fingerprint density at radius 1 is 1.13 bits per heavy atom. The second-order valence-electron chi connectivity index (χ2n) is 4.28. The minimum atomic E-state index is 0.190. The van der Waals surface area contributed by atoms with Gasteiger partial charge in [-0.15, -0.1) is 0 Å². The summed E-state index contributed by atoms with van der Waals surface area (Å²) in [5, 5.41) is 3.36. The number of ether oxygens (including phenoxy) is 3. The summed E-state index contributed by atoms with van der Waals surface area (Å²) in [5.74, 6) is 0.565. The third-order valence-electron chi connectivity index (χ3n) is 3.28. The standard InChI is InChI=1S/C11H21NO3/c1-12-11(9-3-2-4-13-7-9)10-8-14-5-6-15-10/h9-12H,2-8H2,1H3. The molecule has 2 aliphatic heterocycles. The molecule has 4 nitrogen and oxygen atoms in total. The van der Waals surface area contributed by atoms with Gasteiger partial charge in [0.05, 0.1) is 32.5 Å². The molecule has 2 aliphatic rings. The van der Waals surface area contributed by atoms with Crippen LogP contribution in [0.1, 0.15) is 12.8 Å². The van der Waals surface area contributed by atoms with Gasteiger partial charge in [-0.05, 0) is 19.9 Å². The molecule has 0 aromatic rings. The zero-order valence-electron chi connectivity index (χ0n) is 9.41. The zero-order valence-corrected chi connectivity index (χ0v) is 9.41. The fourth-order valence-electron chi connectivity index (χ4n) is 2.49. The largest absolute Gasteiger partial charge is 0.381 e. The van der Waals surface area contributed by atoms with Crippen molar-refractivity contribution in [1.82, 2.24) is 5.32 Å². The van der Waals surface area contributed by atoms with E-state index in [4.69, 9.17) is 14.2 Å². The van der Waals surface area contributed by atoms with Gasteiger partial charge in [0, 0.05) is 18.6 Å². The molecule has 0 saturated carbocycles. The molecule has 0 aromatic heterocycles. The summed E-state index contributed by atoms with van der Waals surface area (Å²) in [7, 11) is 2.00. The lowest BCUT2D eigenvalue weighted by atomic mass is 9.90. The second kappa shape index (κ2) is 5.80. The number of rotatable bonds is 3. The molecular weight excluding hydrogens is 194 g/mol. The van der Waals surface area contributed by atoms with Gasteiger partial charge in [0.1, 0.15) is 0 Å². The minimum Gasteiger partial charge on any atom is -0.381 e. The molecule has 0 spiro atoms. The van der Waals surface area contributed by atoms with Gasteiger partial charge in [-0.1, -0.05) is 0 Å². The third kappa shape index (κ3) is 2.91. The highest BCUT2D eigenvalue weighted by Gasteiger charge is 2.31. The highest BCUT2D eigenvalue weighted by Crippen LogP contribution is 2.22. The molecule has 3 unspecified atom stereocenters. The molecule has 0 aromatic carbocycles. The van der Waals surface area contributed by atoms with E-state index in [1.54, 1.807) is 0 Å². The van der Waals surface area contributed by atoms with Crippen molar-refractivity contribution >= 4 is 0 Å². The van der Waals surface area contributed by atoms with E-state index in [1.165, 1.54) is 6.42 Å². The van der Waals surface area contributed by atoms with Gasteiger partial charge in [0.25, 0.3) is 0 Å². The zero-order chi connectivity index (χ0) is 10.5. The molecule has 2 saturated heterocycles. The maximum absolute atomic E-state index is 5.74. The fraction of sp³-hybridized carbons (Fsp3) is 1.00. The Morgan fingerprint density at radius 2 is 2.00 bits per heavy atom. The van der Waals surface area contributed by atoms with Gasteiger partial charge in [0.15, 0.2) is 0 Å². The van der Waals surface area contributed by atoms with E-state index < -0.39 is 0 Å². The van der Waals surface area contributed by atoms with Gasteiger partial charge >= 0.3 is 0 Å². The molecule has 15 heavy (non-hydrogen) atoms. The average molecular weight is 215 g/mol. The molecule has 0 bridgehead atoms. The van der Waals surface area contributed by atoms with Gasteiger partial charge in [-0.25, -0.2) is 0 Å². The molecule has 4 heteroatoms. The smallest absolute Gasteiger partial charge is 0.0965 e. The quantitative estimate of drug-likeness (QED) is 0.740. The average Bonchev–Trinajstić information content (AvgIpc) is 2.33. The first kappa shape index (κ1) is 11.3. The minimum absolute atomic E-state index is 0.190. The first-order valence-electron chi connectivity index (χ1n) is 5.86. The molecular formula is C11H21NO3. The molecule has 2 rings (SSSR count). The van der Waals surface area contributed by atoms with Crippen LogP contribution >= 0.6 is 0 Å². The van der Waals surface area contributed by atoms with Crippen LogP contribution in [0.25, 0.3) is 0 Å². The summed E-state index contributed by atoms with van der Waals surface area (Å²) < 4.78 is 16.7. The molecule has 0 radical (unpaired) electrons. The van der Waals surface area contributed by atoms with E-state index in [1.807, 2.05) is 7.05 Å². The van der Waals surface area contributed by atoms with Gasteiger partial charge < -0.3 is 19.5 Å².